The van der Waals surface area contributed by atoms with Crippen LogP contribution in [0.1, 0.15) is 29.8 Å². The summed E-state index contributed by atoms with van der Waals surface area (Å²) < 4.78 is 10.4. The van der Waals surface area contributed by atoms with Crippen molar-refractivity contribution in [2.24, 2.45) is 0 Å². The number of rotatable bonds is 6. The SMILES string of the molecule is CCOc1ccc(C(=O)NN2C(=O)N[C@](C)(c3ccc(OC)cc3)C2=O)cc1. The Morgan fingerprint density at radius 2 is 1.68 bits per heavy atom. The van der Waals surface area contributed by atoms with Crippen molar-refractivity contribution >= 4 is 17.8 Å². The second-order valence-corrected chi connectivity index (χ2v) is 6.32. The van der Waals surface area contributed by atoms with Crippen molar-refractivity contribution in [3.63, 3.8) is 0 Å². The number of hydrogen-bond acceptors (Lipinski definition) is 5. The van der Waals surface area contributed by atoms with Crippen molar-refractivity contribution in [1.82, 2.24) is 15.8 Å². The lowest BCUT2D eigenvalue weighted by Gasteiger charge is -2.22. The summed E-state index contributed by atoms with van der Waals surface area (Å²) in [6.07, 6.45) is 0. The Morgan fingerprint density at radius 1 is 1.07 bits per heavy atom. The zero-order valence-electron chi connectivity index (χ0n) is 15.8. The lowest BCUT2D eigenvalue weighted by molar-refractivity contribution is -0.132. The van der Waals surface area contributed by atoms with E-state index in [2.05, 4.69) is 10.7 Å². The van der Waals surface area contributed by atoms with Gasteiger partial charge in [0.25, 0.3) is 11.8 Å². The van der Waals surface area contributed by atoms with Gasteiger partial charge < -0.3 is 14.8 Å². The summed E-state index contributed by atoms with van der Waals surface area (Å²) in [5.41, 5.74) is 1.93. The van der Waals surface area contributed by atoms with Crippen LogP contribution in [0.4, 0.5) is 4.79 Å². The van der Waals surface area contributed by atoms with E-state index in [9.17, 15) is 14.4 Å². The summed E-state index contributed by atoms with van der Waals surface area (Å²) in [4.78, 5) is 37.7. The Labute approximate surface area is 162 Å². The van der Waals surface area contributed by atoms with Crippen LogP contribution in [-0.2, 0) is 10.3 Å². The van der Waals surface area contributed by atoms with Crippen LogP contribution in [-0.4, -0.2) is 36.6 Å². The van der Waals surface area contributed by atoms with Gasteiger partial charge in [-0.05, 0) is 55.8 Å². The minimum atomic E-state index is -1.30. The first kappa shape index (κ1) is 19.2. The number of imide groups is 1. The van der Waals surface area contributed by atoms with Gasteiger partial charge in [0, 0.05) is 5.56 Å². The molecule has 1 aliphatic rings. The number of carbonyl (C=O) groups excluding carboxylic acids is 3. The highest BCUT2D eigenvalue weighted by atomic mass is 16.5. The molecule has 2 N–H and O–H groups in total. The molecule has 1 heterocycles. The summed E-state index contributed by atoms with van der Waals surface area (Å²) in [7, 11) is 1.54. The first-order valence-corrected chi connectivity index (χ1v) is 8.74. The average molecular weight is 383 g/mol. The molecular formula is C20H21N3O5. The number of amides is 4. The lowest BCUT2D eigenvalue weighted by atomic mass is 9.92. The van der Waals surface area contributed by atoms with Gasteiger partial charge in [-0.15, -0.1) is 0 Å². The molecule has 1 aliphatic heterocycles. The maximum Gasteiger partial charge on any atom is 0.344 e. The van der Waals surface area contributed by atoms with Crippen LogP contribution >= 0.6 is 0 Å². The monoisotopic (exact) mass is 383 g/mol. The van der Waals surface area contributed by atoms with Gasteiger partial charge in [-0.3, -0.25) is 15.0 Å². The van der Waals surface area contributed by atoms with Gasteiger partial charge in [-0.25, -0.2) is 4.79 Å². The predicted octanol–water partition coefficient (Wildman–Crippen LogP) is 2.21. The molecule has 1 atom stereocenters. The number of hydrazine groups is 1. The van der Waals surface area contributed by atoms with Crippen molar-refractivity contribution in [1.29, 1.82) is 0 Å². The average Bonchev–Trinajstić information content (AvgIpc) is 2.93. The first-order valence-electron chi connectivity index (χ1n) is 8.74. The number of urea groups is 1. The van der Waals surface area contributed by atoms with E-state index in [1.165, 1.54) is 7.11 Å². The Morgan fingerprint density at radius 3 is 2.25 bits per heavy atom. The van der Waals surface area contributed by atoms with Crippen LogP contribution in [0.25, 0.3) is 0 Å². The number of methoxy groups -OCH3 is 1. The minimum Gasteiger partial charge on any atom is -0.497 e. The van der Waals surface area contributed by atoms with Crippen LogP contribution in [0.2, 0.25) is 0 Å². The lowest BCUT2D eigenvalue weighted by Crippen LogP contribution is -2.47. The van der Waals surface area contributed by atoms with E-state index in [1.807, 2.05) is 6.92 Å². The van der Waals surface area contributed by atoms with Crippen LogP contribution in [0.15, 0.2) is 48.5 Å². The van der Waals surface area contributed by atoms with E-state index in [1.54, 1.807) is 55.5 Å². The fourth-order valence-corrected chi connectivity index (χ4v) is 2.90. The largest absolute Gasteiger partial charge is 0.497 e. The van der Waals surface area contributed by atoms with E-state index in [0.29, 0.717) is 34.2 Å². The van der Waals surface area contributed by atoms with Crippen LogP contribution < -0.4 is 20.2 Å². The molecule has 0 spiro atoms. The molecule has 28 heavy (non-hydrogen) atoms. The Kier molecular flexibility index (Phi) is 5.21. The molecule has 4 amide bonds. The molecular weight excluding hydrogens is 362 g/mol. The van der Waals surface area contributed by atoms with Gasteiger partial charge in [0.1, 0.15) is 17.0 Å². The molecule has 0 unspecified atom stereocenters. The maximum absolute atomic E-state index is 12.9. The zero-order valence-corrected chi connectivity index (χ0v) is 15.8. The standard InChI is InChI=1S/C20H21N3O5/c1-4-28-16-9-5-13(6-10-16)17(24)22-23-18(25)20(2,21-19(23)26)14-7-11-15(27-3)12-8-14/h5-12H,4H2,1-3H3,(H,21,26)(H,22,24)/t20-/m1/s1. The Balaban J connectivity index is 1.76. The molecule has 0 aliphatic carbocycles. The van der Waals surface area contributed by atoms with Gasteiger partial charge in [-0.1, -0.05) is 12.1 Å². The van der Waals surface area contributed by atoms with Gasteiger partial charge in [0.05, 0.1) is 13.7 Å². The summed E-state index contributed by atoms with van der Waals surface area (Å²) >= 11 is 0. The zero-order chi connectivity index (χ0) is 20.3. The van der Waals surface area contributed by atoms with Crippen molar-refractivity contribution in [2.75, 3.05) is 13.7 Å². The highest BCUT2D eigenvalue weighted by molar-refractivity contribution is 6.09. The molecule has 2 aromatic carbocycles. The molecule has 2 aromatic rings. The molecule has 0 bridgehead atoms. The third-order valence-electron chi connectivity index (χ3n) is 4.50. The second kappa shape index (κ2) is 7.59. The molecule has 0 saturated carbocycles. The van der Waals surface area contributed by atoms with Gasteiger partial charge in [0.2, 0.25) is 0 Å². The smallest absolute Gasteiger partial charge is 0.344 e. The predicted molar refractivity (Wildman–Crippen MR) is 101 cm³/mol. The van der Waals surface area contributed by atoms with Gasteiger partial charge in [-0.2, -0.15) is 5.01 Å². The molecule has 8 heteroatoms. The number of carbonyl (C=O) groups is 3. The van der Waals surface area contributed by atoms with E-state index < -0.39 is 23.4 Å². The number of nitrogens with one attached hydrogen (secondary N) is 2. The molecule has 1 fully saturated rings. The highest BCUT2D eigenvalue weighted by Gasteiger charge is 2.50. The fourth-order valence-electron chi connectivity index (χ4n) is 2.90. The number of ether oxygens (including phenoxy) is 2. The quantitative estimate of drug-likeness (QED) is 0.746. The minimum absolute atomic E-state index is 0.294. The van der Waals surface area contributed by atoms with E-state index in [-0.39, 0.29) is 0 Å². The topological polar surface area (TPSA) is 97.0 Å². The highest BCUT2D eigenvalue weighted by Crippen LogP contribution is 2.29. The van der Waals surface area contributed by atoms with E-state index in [0.717, 1.165) is 0 Å². The summed E-state index contributed by atoms with van der Waals surface area (Å²) in [5, 5.41) is 3.33. The third-order valence-corrected chi connectivity index (χ3v) is 4.50. The summed E-state index contributed by atoms with van der Waals surface area (Å²) in [6.45, 7) is 3.95. The summed E-state index contributed by atoms with van der Waals surface area (Å²) in [5.74, 6) is 0.0957. The van der Waals surface area contributed by atoms with Crippen LogP contribution in [0.5, 0.6) is 11.5 Å². The Hall–Kier alpha value is -3.55. The first-order chi connectivity index (χ1) is 13.4. The molecule has 146 valence electrons. The summed E-state index contributed by atoms with van der Waals surface area (Å²) in [6, 6.07) is 12.5. The third kappa shape index (κ3) is 3.48. The van der Waals surface area contributed by atoms with Crippen LogP contribution in [0.3, 0.4) is 0 Å². The fraction of sp³-hybridized carbons (Fsp3) is 0.250. The molecule has 0 radical (unpaired) electrons. The Bertz CT molecular complexity index is 895. The van der Waals surface area contributed by atoms with E-state index >= 15 is 0 Å². The molecule has 8 nitrogen and oxygen atoms in total. The number of nitrogens with zero attached hydrogens (tertiary/aromatic N) is 1. The van der Waals surface area contributed by atoms with Crippen molar-refractivity contribution in [3.8, 4) is 11.5 Å². The van der Waals surface area contributed by atoms with E-state index in [4.69, 9.17) is 9.47 Å². The second-order valence-electron chi connectivity index (χ2n) is 6.32. The van der Waals surface area contributed by atoms with Crippen molar-refractivity contribution in [2.45, 2.75) is 19.4 Å². The van der Waals surface area contributed by atoms with Crippen molar-refractivity contribution < 1.29 is 23.9 Å². The number of benzene rings is 2. The normalized spacial score (nSPS) is 18.6. The van der Waals surface area contributed by atoms with Crippen LogP contribution in [0, 0.1) is 0 Å². The van der Waals surface area contributed by atoms with Gasteiger partial charge in [0.15, 0.2) is 0 Å². The van der Waals surface area contributed by atoms with Crippen molar-refractivity contribution in [3.05, 3.63) is 59.7 Å². The van der Waals surface area contributed by atoms with Gasteiger partial charge >= 0.3 is 6.03 Å². The number of hydrogen-bond donors (Lipinski definition) is 2. The molecule has 3 rings (SSSR count). The molecule has 0 aromatic heterocycles. The maximum atomic E-state index is 12.9. The molecule has 1 saturated heterocycles.